The Balaban J connectivity index is 1.47. The van der Waals surface area contributed by atoms with E-state index in [0.29, 0.717) is 10.9 Å². The van der Waals surface area contributed by atoms with Gasteiger partial charge in [0.15, 0.2) is 13.0 Å². The summed E-state index contributed by atoms with van der Waals surface area (Å²) in [5, 5.41) is 10.7. The maximum atomic E-state index is 14.1. The van der Waals surface area contributed by atoms with Crippen LogP contribution in [0.4, 0.5) is 10.1 Å². The SMILES string of the molecule is BBBNc1ccc2c(c1)c(C(N)=O)nn2CC(=O)N(CC(=O)NCc1cccc(Cl)c1F)C1CC1. The number of nitrogens with one attached hydrogen (secondary N) is 2. The van der Waals surface area contributed by atoms with E-state index in [9.17, 15) is 18.8 Å². The van der Waals surface area contributed by atoms with E-state index in [4.69, 9.17) is 17.3 Å². The molecule has 3 amide bonds. The Morgan fingerprint density at radius 3 is 2.75 bits per heavy atom. The van der Waals surface area contributed by atoms with Gasteiger partial charge >= 0.3 is 0 Å². The molecule has 1 aromatic heterocycles. The lowest BCUT2D eigenvalue weighted by Crippen LogP contribution is -2.43. The molecule has 3 aromatic rings. The molecule has 14 heteroatoms. The summed E-state index contributed by atoms with van der Waals surface area (Å²) in [7, 11) is 3.75. The third kappa shape index (κ3) is 5.84. The molecule has 2 aromatic carbocycles. The Morgan fingerprint density at radius 2 is 2.06 bits per heavy atom. The van der Waals surface area contributed by atoms with Crippen molar-refractivity contribution in [1.29, 1.82) is 0 Å². The molecule has 0 atom stereocenters. The van der Waals surface area contributed by atoms with Crippen LogP contribution in [0.2, 0.25) is 5.02 Å². The van der Waals surface area contributed by atoms with E-state index in [-0.39, 0.29) is 47.9 Å². The summed E-state index contributed by atoms with van der Waals surface area (Å²) in [5.41, 5.74) is 7.30. The quantitative estimate of drug-likeness (QED) is 0.313. The average Bonchev–Trinajstić information content (AvgIpc) is 3.63. The third-order valence-electron chi connectivity index (χ3n) is 5.98. The summed E-state index contributed by atoms with van der Waals surface area (Å²) in [6.07, 6.45) is 1.58. The summed E-state index contributed by atoms with van der Waals surface area (Å²) < 4.78 is 15.5. The molecule has 36 heavy (non-hydrogen) atoms. The number of hydrogen-bond donors (Lipinski definition) is 3. The molecule has 0 saturated heterocycles. The van der Waals surface area contributed by atoms with Crippen molar-refractivity contribution in [1.82, 2.24) is 20.0 Å². The molecule has 0 spiro atoms. The van der Waals surface area contributed by atoms with Gasteiger partial charge < -0.3 is 21.2 Å². The fraction of sp³-hybridized carbons (Fsp3) is 0.273. The van der Waals surface area contributed by atoms with Crippen LogP contribution in [0, 0.1) is 5.82 Å². The monoisotopic (exact) mass is 508 g/mol. The van der Waals surface area contributed by atoms with Gasteiger partial charge in [-0.1, -0.05) is 23.7 Å². The second-order valence-electron chi connectivity index (χ2n) is 8.77. The Kier molecular flexibility index (Phi) is 7.88. The van der Waals surface area contributed by atoms with Gasteiger partial charge in [-0.25, -0.2) is 4.39 Å². The van der Waals surface area contributed by atoms with Crippen LogP contribution in [-0.2, 0) is 22.7 Å². The second-order valence-corrected chi connectivity index (χ2v) is 9.18. The van der Waals surface area contributed by atoms with E-state index in [1.165, 1.54) is 21.7 Å². The van der Waals surface area contributed by atoms with Crippen LogP contribution in [0.1, 0.15) is 28.9 Å². The van der Waals surface area contributed by atoms with Crippen molar-refractivity contribution < 1.29 is 18.8 Å². The highest BCUT2D eigenvalue weighted by atomic mass is 35.5. The van der Waals surface area contributed by atoms with Gasteiger partial charge in [0, 0.05) is 29.2 Å². The molecule has 1 saturated carbocycles. The molecular weight excluding hydrogens is 483 g/mol. The molecule has 1 heterocycles. The van der Waals surface area contributed by atoms with Gasteiger partial charge in [0.1, 0.15) is 12.4 Å². The zero-order valence-electron chi connectivity index (χ0n) is 19.9. The van der Waals surface area contributed by atoms with Crippen LogP contribution in [0.25, 0.3) is 10.9 Å². The Labute approximate surface area is 214 Å². The summed E-state index contributed by atoms with van der Waals surface area (Å²) in [6.45, 7) is -0.366. The fourth-order valence-electron chi connectivity index (χ4n) is 3.98. The van der Waals surface area contributed by atoms with Crippen LogP contribution in [0.5, 0.6) is 0 Å². The Hall–Kier alpha value is -3.47. The molecule has 1 aliphatic rings. The fourth-order valence-corrected chi connectivity index (χ4v) is 4.17. The van der Waals surface area contributed by atoms with Crippen LogP contribution >= 0.6 is 11.6 Å². The van der Waals surface area contributed by atoms with E-state index in [0.717, 1.165) is 32.9 Å². The lowest BCUT2D eigenvalue weighted by molar-refractivity contribution is -0.137. The molecule has 184 valence electrons. The number of carbonyl (C=O) groups excluding carboxylic acids is 3. The van der Waals surface area contributed by atoms with E-state index in [1.54, 1.807) is 18.2 Å². The van der Waals surface area contributed by atoms with Gasteiger partial charge in [-0.05, 0) is 37.1 Å². The van der Waals surface area contributed by atoms with E-state index < -0.39 is 17.6 Å². The molecule has 0 aliphatic heterocycles. The molecule has 0 radical (unpaired) electrons. The minimum atomic E-state index is -0.689. The number of hydrogen-bond acceptors (Lipinski definition) is 5. The first-order valence-electron chi connectivity index (χ1n) is 11.8. The zero-order valence-corrected chi connectivity index (χ0v) is 20.6. The topological polar surface area (TPSA) is 122 Å². The minimum absolute atomic E-state index is 0.0217. The molecule has 4 N–H and O–H groups in total. The van der Waals surface area contributed by atoms with Crippen molar-refractivity contribution in [3.8, 4) is 0 Å². The summed E-state index contributed by atoms with van der Waals surface area (Å²) in [4.78, 5) is 39.3. The van der Waals surface area contributed by atoms with Gasteiger partial charge in [-0.3, -0.25) is 19.1 Å². The molecule has 4 rings (SSSR count). The highest BCUT2D eigenvalue weighted by Crippen LogP contribution is 2.28. The van der Waals surface area contributed by atoms with Gasteiger partial charge in [-0.15, -0.1) is 0 Å². The van der Waals surface area contributed by atoms with Crippen molar-refractivity contribution in [2.75, 3.05) is 11.8 Å². The second kappa shape index (κ2) is 11.1. The molecule has 9 nitrogen and oxygen atoms in total. The van der Waals surface area contributed by atoms with Gasteiger partial charge in [0.05, 0.1) is 31.9 Å². The minimum Gasteiger partial charge on any atom is -0.439 e. The molecule has 1 fully saturated rings. The number of primary amides is 1. The number of halogens is 2. The predicted octanol–water partition coefficient (Wildman–Crippen LogP) is -0.102. The smallest absolute Gasteiger partial charge is 0.269 e. The summed E-state index contributed by atoms with van der Waals surface area (Å²) >= 11 is 5.79. The van der Waals surface area contributed by atoms with E-state index >= 15 is 0 Å². The number of fused-ring (bicyclic) bond motifs is 1. The first-order chi connectivity index (χ1) is 17.3. The highest BCUT2D eigenvalue weighted by molar-refractivity contribution is 7.24. The number of carbonyl (C=O) groups is 3. The van der Waals surface area contributed by atoms with E-state index in [1.807, 2.05) is 13.8 Å². The third-order valence-corrected chi connectivity index (χ3v) is 6.27. The van der Waals surface area contributed by atoms with Crippen LogP contribution < -0.4 is 16.3 Å². The number of aromatic nitrogens is 2. The van der Waals surface area contributed by atoms with Crippen molar-refractivity contribution in [2.45, 2.75) is 32.0 Å². The van der Waals surface area contributed by atoms with Gasteiger partial charge in [-0.2, -0.15) is 5.10 Å². The Morgan fingerprint density at radius 1 is 1.28 bits per heavy atom. The number of nitrogens with zero attached hydrogens (tertiary/aromatic N) is 3. The number of amides is 3. The Bertz CT molecular complexity index is 1320. The van der Waals surface area contributed by atoms with Crippen molar-refractivity contribution in [3.63, 3.8) is 0 Å². The molecular formula is C22H25B3ClFN6O3. The van der Waals surface area contributed by atoms with Crippen LogP contribution in [-0.4, -0.2) is 67.1 Å². The predicted molar refractivity (Wildman–Crippen MR) is 143 cm³/mol. The molecule has 0 unspecified atom stereocenters. The number of anilines is 1. The normalized spacial score (nSPS) is 12.7. The van der Waals surface area contributed by atoms with Crippen LogP contribution in [0.3, 0.4) is 0 Å². The average molecular weight is 508 g/mol. The standard InChI is InChI=1S/C22H25B3ClFN6O3/c23-24-25-30-13-4-7-17-15(8-13)21(22(28)36)31-33(17)11-19(35)32(14-5-6-14)10-18(34)29-9-12-2-1-3-16(26)20(12)27/h1-4,7-8,14,24-25,30H,5-6,9-11,23H2,(H2,28,36)(H,29,34). The highest BCUT2D eigenvalue weighted by Gasteiger charge is 2.34. The lowest BCUT2D eigenvalue weighted by Gasteiger charge is -2.22. The van der Waals surface area contributed by atoms with Crippen LogP contribution in [0.15, 0.2) is 36.4 Å². The van der Waals surface area contributed by atoms with Gasteiger partial charge in [0.25, 0.3) is 5.91 Å². The number of benzene rings is 2. The van der Waals surface area contributed by atoms with Gasteiger partial charge in [0.2, 0.25) is 11.8 Å². The number of rotatable bonds is 11. The summed E-state index contributed by atoms with van der Waals surface area (Å²) in [5.74, 6) is -2.00. The summed E-state index contributed by atoms with van der Waals surface area (Å²) in [6, 6.07) is 9.95. The van der Waals surface area contributed by atoms with Crippen molar-refractivity contribution in [3.05, 3.63) is 58.5 Å². The van der Waals surface area contributed by atoms with Crippen molar-refractivity contribution >= 4 is 68.0 Å². The maximum Gasteiger partial charge on any atom is 0.269 e. The molecule has 1 aliphatic carbocycles. The lowest BCUT2D eigenvalue weighted by atomic mass is 9.33. The first kappa shape index (κ1) is 25.6. The maximum absolute atomic E-state index is 14.1. The van der Waals surface area contributed by atoms with E-state index in [2.05, 4.69) is 15.6 Å². The molecule has 0 bridgehead atoms. The first-order valence-corrected chi connectivity index (χ1v) is 12.2. The number of nitrogens with two attached hydrogens (primary N) is 1. The zero-order chi connectivity index (χ0) is 25.8. The van der Waals surface area contributed by atoms with Crippen molar-refractivity contribution in [2.24, 2.45) is 5.73 Å². The largest absolute Gasteiger partial charge is 0.439 e.